The van der Waals surface area contributed by atoms with Gasteiger partial charge in [-0.2, -0.15) is 0 Å². The van der Waals surface area contributed by atoms with E-state index in [2.05, 4.69) is 15.6 Å². The summed E-state index contributed by atoms with van der Waals surface area (Å²) in [5, 5.41) is 17.2. The molecule has 1 aromatic carbocycles. The van der Waals surface area contributed by atoms with Crippen molar-refractivity contribution in [2.24, 2.45) is 7.05 Å². The summed E-state index contributed by atoms with van der Waals surface area (Å²) >= 11 is 1.28. The molecule has 0 spiro atoms. The number of carbonyl (C=O) groups excluding carboxylic acids is 3. The number of hydrogen-bond donors (Lipinski definition) is 3. The van der Waals surface area contributed by atoms with E-state index >= 15 is 0 Å². The number of Topliss-reactive ketones (excluding diaryl/α,β-unsaturated/α-hetero) is 1. The van der Waals surface area contributed by atoms with Crippen molar-refractivity contribution in [3.63, 3.8) is 0 Å². The maximum atomic E-state index is 13.6. The number of benzene rings is 1. The van der Waals surface area contributed by atoms with Crippen LogP contribution in [0.3, 0.4) is 0 Å². The molecule has 0 atom stereocenters. The molecular formula is C23H25FN4O4S. The van der Waals surface area contributed by atoms with Crippen LogP contribution in [0.15, 0.2) is 29.8 Å². The van der Waals surface area contributed by atoms with Crippen molar-refractivity contribution in [1.82, 2.24) is 14.9 Å². The van der Waals surface area contributed by atoms with Crippen LogP contribution in [-0.4, -0.2) is 44.4 Å². The number of carbonyl (C=O) groups is 3. The number of aliphatic hydroxyl groups is 1. The summed E-state index contributed by atoms with van der Waals surface area (Å²) in [4.78, 5) is 43.0. The Balaban J connectivity index is 2.04. The van der Waals surface area contributed by atoms with Crippen molar-refractivity contribution in [3.8, 4) is 10.7 Å². The van der Waals surface area contributed by atoms with Crippen molar-refractivity contribution in [1.29, 1.82) is 0 Å². The summed E-state index contributed by atoms with van der Waals surface area (Å²) in [6.45, 7) is 6.07. The lowest BCUT2D eigenvalue weighted by molar-refractivity contribution is -0.118. The van der Waals surface area contributed by atoms with Crippen LogP contribution in [-0.2, 0) is 11.8 Å². The molecule has 3 N–H and O–H groups in total. The second-order valence-corrected chi connectivity index (χ2v) is 9.23. The number of ketones is 1. The first-order chi connectivity index (χ1) is 15.4. The van der Waals surface area contributed by atoms with Crippen LogP contribution in [0.1, 0.15) is 45.8 Å². The molecule has 0 radical (unpaired) electrons. The molecule has 0 unspecified atom stereocenters. The van der Waals surface area contributed by atoms with E-state index in [0.717, 1.165) is 0 Å². The highest BCUT2D eigenvalue weighted by Crippen LogP contribution is 2.33. The van der Waals surface area contributed by atoms with Gasteiger partial charge in [-0.25, -0.2) is 9.37 Å². The first-order valence-electron chi connectivity index (χ1n) is 10.1. The van der Waals surface area contributed by atoms with E-state index in [1.807, 2.05) is 0 Å². The molecule has 0 fully saturated rings. The molecular weight excluding hydrogens is 447 g/mol. The molecule has 3 rings (SSSR count). The average Bonchev–Trinajstić information content (AvgIpc) is 3.34. The Hall–Kier alpha value is -3.37. The summed E-state index contributed by atoms with van der Waals surface area (Å²) < 4.78 is 15.1. The second-order valence-electron chi connectivity index (χ2n) is 8.34. The van der Waals surface area contributed by atoms with Crippen molar-refractivity contribution in [3.05, 3.63) is 58.0 Å². The molecule has 2 amide bonds. The van der Waals surface area contributed by atoms with E-state index < -0.39 is 29.0 Å². The van der Waals surface area contributed by atoms with E-state index in [-0.39, 0.29) is 17.8 Å². The number of halogens is 1. The Morgan fingerprint density at radius 2 is 1.94 bits per heavy atom. The van der Waals surface area contributed by atoms with Gasteiger partial charge in [-0.3, -0.25) is 14.4 Å². The number of aryl methyl sites for hydroxylation is 1. The van der Waals surface area contributed by atoms with E-state index in [1.165, 1.54) is 48.0 Å². The predicted molar refractivity (Wildman–Crippen MR) is 124 cm³/mol. The Bertz CT molecular complexity index is 1230. The molecule has 0 saturated heterocycles. The van der Waals surface area contributed by atoms with Gasteiger partial charge in [-0.15, -0.1) is 11.3 Å². The van der Waals surface area contributed by atoms with Crippen LogP contribution in [0.25, 0.3) is 10.7 Å². The van der Waals surface area contributed by atoms with Crippen molar-refractivity contribution in [2.45, 2.75) is 33.3 Å². The SMILES string of the molecule is Cc1cc(NC(=O)c2c(C)c(C(=O)C(=O)NCC(C)(C)O)n(C)c2-c2nccs2)ccc1F. The van der Waals surface area contributed by atoms with Gasteiger partial charge in [0, 0.05) is 30.9 Å². The van der Waals surface area contributed by atoms with E-state index in [9.17, 15) is 23.9 Å². The van der Waals surface area contributed by atoms with Gasteiger partial charge in [-0.1, -0.05) is 0 Å². The molecule has 10 heteroatoms. The first-order valence-corrected chi connectivity index (χ1v) is 11.0. The zero-order valence-corrected chi connectivity index (χ0v) is 19.8. The Morgan fingerprint density at radius 1 is 1.24 bits per heavy atom. The van der Waals surface area contributed by atoms with Crippen LogP contribution in [0, 0.1) is 19.7 Å². The molecule has 33 heavy (non-hydrogen) atoms. The Morgan fingerprint density at radius 3 is 2.52 bits per heavy atom. The molecule has 8 nitrogen and oxygen atoms in total. The summed E-state index contributed by atoms with van der Waals surface area (Å²) in [6, 6.07) is 4.20. The highest BCUT2D eigenvalue weighted by atomic mass is 32.1. The van der Waals surface area contributed by atoms with Crippen LogP contribution >= 0.6 is 11.3 Å². The number of nitrogens with one attached hydrogen (secondary N) is 2. The lowest BCUT2D eigenvalue weighted by Gasteiger charge is -2.17. The van der Waals surface area contributed by atoms with Gasteiger partial charge in [-0.05, 0) is 57.0 Å². The third kappa shape index (κ3) is 5.18. The van der Waals surface area contributed by atoms with Crippen molar-refractivity contribution in [2.75, 3.05) is 11.9 Å². The van der Waals surface area contributed by atoms with Crippen LogP contribution in [0.5, 0.6) is 0 Å². The van der Waals surface area contributed by atoms with Crippen molar-refractivity contribution < 1.29 is 23.9 Å². The summed E-state index contributed by atoms with van der Waals surface area (Å²) in [5.74, 6) is -2.64. The number of aromatic nitrogens is 2. The monoisotopic (exact) mass is 472 g/mol. The second kappa shape index (κ2) is 9.24. The average molecular weight is 473 g/mol. The minimum Gasteiger partial charge on any atom is -0.389 e. The largest absolute Gasteiger partial charge is 0.389 e. The lowest BCUT2D eigenvalue weighted by atomic mass is 10.1. The number of rotatable bonds is 7. The Kier molecular flexibility index (Phi) is 6.80. The third-order valence-electron chi connectivity index (χ3n) is 5.02. The quantitative estimate of drug-likeness (QED) is 0.361. The third-order valence-corrected chi connectivity index (χ3v) is 5.80. The molecule has 0 aliphatic rings. The fourth-order valence-corrected chi connectivity index (χ4v) is 4.14. The van der Waals surface area contributed by atoms with Gasteiger partial charge in [0.2, 0.25) is 0 Å². The molecule has 2 aromatic heterocycles. The van der Waals surface area contributed by atoms with Crippen LogP contribution in [0.4, 0.5) is 10.1 Å². The maximum Gasteiger partial charge on any atom is 0.294 e. The minimum absolute atomic E-state index is 0.0360. The number of thiazole rings is 1. The molecule has 0 saturated carbocycles. The molecule has 174 valence electrons. The predicted octanol–water partition coefficient (Wildman–Crippen LogP) is 3.23. The number of hydrogen-bond acceptors (Lipinski definition) is 6. The maximum absolute atomic E-state index is 13.6. The van der Waals surface area contributed by atoms with Gasteiger partial charge in [0.05, 0.1) is 22.6 Å². The normalized spacial score (nSPS) is 11.4. The number of amides is 2. The topological polar surface area (TPSA) is 113 Å². The zero-order chi connectivity index (χ0) is 24.5. The highest BCUT2D eigenvalue weighted by molar-refractivity contribution is 7.13. The fraction of sp³-hybridized carbons (Fsp3) is 0.304. The Labute approximate surface area is 194 Å². The van der Waals surface area contributed by atoms with Gasteiger partial charge in [0.1, 0.15) is 10.8 Å². The summed E-state index contributed by atoms with van der Waals surface area (Å²) in [7, 11) is 1.58. The van der Waals surface area contributed by atoms with Gasteiger partial charge in [0.25, 0.3) is 17.6 Å². The fourth-order valence-electron chi connectivity index (χ4n) is 3.42. The molecule has 0 bridgehead atoms. The molecule has 3 aromatic rings. The molecule has 0 aliphatic carbocycles. The standard InChI is InChI=1S/C23H25FN4O4S/c1-12-10-14(6-7-15(12)24)27-20(30)16-13(2)17(19(29)21(31)26-11-23(3,4)32)28(5)18(16)22-25-8-9-33-22/h6-10,32H,11H2,1-5H3,(H,26,31)(H,27,30). The highest BCUT2D eigenvalue weighted by Gasteiger charge is 2.32. The summed E-state index contributed by atoms with van der Waals surface area (Å²) in [5.41, 5.74) is 0.491. The van der Waals surface area contributed by atoms with Crippen LogP contribution in [0.2, 0.25) is 0 Å². The van der Waals surface area contributed by atoms with Gasteiger partial charge in [0.15, 0.2) is 0 Å². The van der Waals surface area contributed by atoms with Gasteiger partial charge < -0.3 is 20.3 Å². The van der Waals surface area contributed by atoms with Crippen LogP contribution < -0.4 is 10.6 Å². The van der Waals surface area contributed by atoms with Gasteiger partial charge >= 0.3 is 0 Å². The molecule has 2 heterocycles. The molecule has 0 aliphatic heterocycles. The summed E-state index contributed by atoms with van der Waals surface area (Å²) in [6.07, 6.45) is 1.57. The van der Waals surface area contributed by atoms with E-state index in [0.29, 0.717) is 27.5 Å². The minimum atomic E-state index is -1.19. The number of anilines is 1. The van der Waals surface area contributed by atoms with E-state index in [4.69, 9.17) is 0 Å². The number of nitrogens with zero attached hydrogens (tertiary/aromatic N) is 2. The smallest absolute Gasteiger partial charge is 0.294 e. The van der Waals surface area contributed by atoms with E-state index in [1.54, 1.807) is 32.5 Å². The zero-order valence-electron chi connectivity index (χ0n) is 18.9. The van der Waals surface area contributed by atoms with Crippen molar-refractivity contribution >= 4 is 34.6 Å². The first kappa shape index (κ1) is 24.3. The lowest BCUT2D eigenvalue weighted by Crippen LogP contribution is -2.41.